The third kappa shape index (κ3) is 51700. The van der Waals surface area contributed by atoms with Crippen molar-refractivity contribution < 1.29 is 41.7 Å². The van der Waals surface area contributed by atoms with Crippen LogP contribution in [0, 0.1) is 6.92 Å². The predicted molar refractivity (Wildman–Crippen MR) is 29.1 cm³/mol. The quantitative estimate of drug-likeness (QED) is 0.257. The molecular formula is C3H5F6NiP. The van der Waals surface area contributed by atoms with Crippen LogP contribution in [0.15, 0.2) is 12.7 Å². The molecule has 0 spiro atoms. The molecule has 0 heterocycles. The molecule has 0 amide bonds. The first-order chi connectivity index (χ1) is 3.86. The maximum atomic E-state index is 9.87. The van der Waals surface area contributed by atoms with E-state index in [0.29, 0.717) is 0 Å². The van der Waals surface area contributed by atoms with E-state index >= 15 is 0 Å². The van der Waals surface area contributed by atoms with Gasteiger partial charge in [-0.1, -0.05) is 0 Å². The Morgan fingerprint density at radius 3 is 1.00 bits per heavy atom. The molecule has 0 aliphatic heterocycles. The number of halogens is 6. The van der Waals surface area contributed by atoms with E-state index in [1.807, 2.05) is 0 Å². The summed E-state index contributed by atoms with van der Waals surface area (Å²) in [7, 11) is -10.7. The van der Waals surface area contributed by atoms with E-state index in [0.717, 1.165) is 0 Å². The van der Waals surface area contributed by atoms with Gasteiger partial charge in [0.1, 0.15) is 0 Å². The first-order valence-electron chi connectivity index (χ1n) is 1.83. The van der Waals surface area contributed by atoms with Crippen LogP contribution >= 0.6 is 7.81 Å². The van der Waals surface area contributed by atoms with Crippen LogP contribution in [0.4, 0.5) is 25.2 Å². The second-order valence-electron chi connectivity index (χ2n) is 1.25. The third-order valence-corrected chi connectivity index (χ3v) is 0. The van der Waals surface area contributed by atoms with E-state index in [1.54, 1.807) is 0 Å². The molecule has 0 atom stereocenters. The molecule has 74 valence electrons. The molecule has 0 N–H and O–H groups in total. The van der Waals surface area contributed by atoms with Crippen molar-refractivity contribution >= 4 is 7.81 Å². The molecule has 0 aromatic rings. The minimum Gasteiger partial charge on any atom is 2.00 e. The van der Waals surface area contributed by atoms with Crippen molar-refractivity contribution in [2.24, 2.45) is 0 Å². The SMILES string of the molecule is C=C[CH2-].F[P-](F)(F)(F)(F)F.[Ni+2]. The standard InChI is InChI=1S/C3H5.F6P.Ni/c1-3-2;1-7(2,3,4,5)6;/h3H,1-2H2;;/q2*-1;+2. The number of allylic oxidation sites excluding steroid dienone is 1. The van der Waals surface area contributed by atoms with Crippen molar-refractivity contribution in [3.63, 3.8) is 0 Å². The van der Waals surface area contributed by atoms with Crippen LogP contribution in [0.5, 0.6) is 0 Å². The molecule has 0 saturated heterocycles. The van der Waals surface area contributed by atoms with Gasteiger partial charge in [0.25, 0.3) is 0 Å². The summed E-state index contributed by atoms with van der Waals surface area (Å²) in [4.78, 5) is 0. The number of hydrogen-bond donors (Lipinski definition) is 0. The Labute approximate surface area is 69.8 Å². The summed E-state index contributed by atoms with van der Waals surface area (Å²) in [6, 6.07) is 0. The summed E-state index contributed by atoms with van der Waals surface area (Å²) < 4.78 is 59.2. The zero-order chi connectivity index (χ0) is 9.12. The number of hydrogen-bond acceptors (Lipinski definition) is 0. The van der Waals surface area contributed by atoms with E-state index in [-0.39, 0.29) is 16.5 Å². The van der Waals surface area contributed by atoms with E-state index < -0.39 is 7.81 Å². The molecule has 11 heavy (non-hydrogen) atoms. The molecule has 0 radical (unpaired) electrons. The number of rotatable bonds is 0. The predicted octanol–water partition coefficient (Wildman–Crippen LogP) is 4.39. The monoisotopic (exact) mass is 244 g/mol. The fraction of sp³-hybridized carbons (Fsp3) is 0. The van der Waals surface area contributed by atoms with Crippen LogP contribution in [0.2, 0.25) is 0 Å². The summed E-state index contributed by atoms with van der Waals surface area (Å²) in [6.07, 6.45) is 1.50. The molecule has 0 aromatic carbocycles. The third-order valence-electron chi connectivity index (χ3n) is 0. The average molecular weight is 245 g/mol. The maximum absolute atomic E-state index is 10.7. The normalized spacial score (nSPS) is 15.8. The van der Waals surface area contributed by atoms with Crippen LogP contribution in [0.1, 0.15) is 0 Å². The topological polar surface area (TPSA) is 0 Å². The summed E-state index contributed by atoms with van der Waals surface area (Å²) in [5, 5.41) is 0. The fourth-order valence-corrected chi connectivity index (χ4v) is 0. The van der Waals surface area contributed by atoms with Crippen LogP contribution in [0.25, 0.3) is 0 Å². The van der Waals surface area contributed by atoms with Gasteiger partial charge in [0.15, 0.2) is 0 Å². The van der Waals surface area contributed by atoms with E-state index in [2.05, 4.69) is 13.5 Å². The first kappa shape index (κ1) is 17.3. The van der Waals surface area contributed by atoms with Gasteiger partial charge in [-0.05, 0) is 0 Å². The van der Waals surface area contributed by atoms with Gasteiger partial charge in [-0.3, -0.25) is 0 Å². The first-order valence-corrected chi connectivity index (χ1v) is 3.86. The van der Waals surface area contributed by atoms with Crippen molar-refractivity contribution in [3.05, 3.63) is 19.6 Å². The minimum absolute atomic E-state index is 0. The molecule has 0 saturated carbocycles. The van der Waals surface area contributed by atoms with Crippen molar-refractivity contribution in [2.45, 2.75) is 0 Å². The van der Waals surface area contributed by atoms with Gasteiger partial charge in [0.2, 0.25) is 0 Å². The Hall–Kier alpha value is 0.114. The summed E-state index contributed by atoms with van der Waals surface area (Å²) in [5.74, 6) is 0. The zero-order valence-corrected chi connectivity index (χ0v) is 6.90. The Morgan fingerprint density at radius 2 is 1.00 bits per heavy atom. The van der Waals surface area contributed by atoms with Crippen LogP contribution in [-0.4, -0.2) is 0 Å². The molecule has 0 aliphatic rings. The summed E-state index contributed by atoms with van der Waals surface area (Å²) in [6.45, 7) is 6.50. The fourth-order valence-electron chi connectivity index (χ4n) is 0. The van der Waals surface area contributed by atoms with Gasteiger partial charge in [-0.25, -0.2) is 19.6 Å². The van der Waals surface area contributed by atoms with Gasteiger partial charge in [-0.2, -0.15) is 0 Å². The molecule has 8 heteroatoms. The molecular weight excluding hydrogens is 240 g/mol. The van der Waals surface area contributed by atoms with Crippen LogP contribution in [-0.2, 0) is 16.5 Å². The Kier molecular flexibility index (Phi) is 5.08. The van der Waals surface area contributed by atoms with Gasteiger partial charge in [0, 0.05) is 0 Å². The van der Waals surface area contributed by atoms with E-state index in [4.69, 9.17) is 0 Å². The molecule has 0 rings (SSSR count). The van der Waals surface area contributed by atoms with Gasteiger partial charge < -0.3 is 0 Å². The summed E-state index contributed by atoms with van der Waals surface area (Å²) >= 11 is 0. The molecule has 0 aromatic heterocycles. The molecule has 0 nitrogen and oxygen atoms in total. The second-order valence-corrected chi connectivity index (χ2v) is 3.16. The molecule has 0 unspecified atom stereocenters. The Bertz CT molecular complexity index is 107. The molecule has 0 fully saturated rings. The van der Waals surface area contributed by atoms with E-state index in [9.17, 15) is 25.2 Å². The van der Waals surface area contributed by atoms with Gasteiger partial charge >= 0.3 is 49.5 Å². The smallest absolute Gasteiger partial charge is 2.00 e. The molecule has 0 bridgehead atoms. The van der Waals surface area contributed by atoms with Crippen molar-refractivity contribution in [1.82, 2.24) is 0 Å². The largest absolute Gasteiger partial charge is 2.00 e. The van der Waals surface area contributed by atoms with Gasteiger partial charge in [0.05, 0.1) is 0 Å². The van der Waals surface area contributed by atoms with Crippen molar-refractivity contribution in [1.29, 1.82) is 0 Å². The van der Waals surface area contributed by atoms with Crippen LogP contribution < -0.4 is 0 Å². The maximum Gasteiger partial charge on any atom is 2.00 e. The zero-order valence-electron chi connectivity index (χ0n) is 5.02. The van der Waals surface area contributed by atoms with E-state index in [1.165, 1.54) is 6.08 Å². The Morgan fingerprint density at radius 1 is 1.00 bits per heavy atom. The van der Waals surface area contributed by atoms with Crippen LogP contribution in [0.3, 0.4) is 0 Å². The van der Waals surface area contributed by atoms with Gasteiger partial charge in [-0.15, -0.1) is 0 Å². The van der Waals surface area contributed by atoms with Crippen molar-refractivity contribution in [3.8, 4) is 0 Å². The minimum atomic E-state index is -10.7. The average Bonchev–Trinajstić information content (AvgIpc) is 1.20. The molecule has 0 aliphatic carbocycles. The second kappa shape index (κ2) is 3.24. The van der Waals surface area contributed by atoms with Crippen molar-refractivity contribution in [2.75, 3.05) is 0 Å². The Balaban J connectivity index is -0.000000140. The summed E-state index contributed by atoms with van der Waals surface area (Å²) in [5.41, 5.74) is 0.